The van der Waals surface area contributed by atoms with Crippen molar-refractivity contribution in [2.45, 2.75) is 6.54 Å². The first-order valence-corrected chi connectivity index (χ1v) is 7.61. The molecule has 2 aromatic carbocycles. The van der Waals surface area contributed by atoms with E-state index >= 15 is 0 Å². The van der Waals surface area contributed by atoms with Gasteiger partial charge in [-0.3, -0.25) is 0 Å². The summed E-state index contributed by atoms with van der Waals surface area (Å²) >= 11 is 30.8. The van der Waals surface area contributed by atoms with Gasteiger partial charge in [-0.05, 0) is 30.3 Å². The molecule has 2 rings (SSSR count). The van der Waals surface area contributed by atoms with Crippen LogP contribution in [-0.2, 0) is 6.54 Å². The average molecular weight is 370 g/mol. The highest BCUT2D eigenvalue weighted by Gasteiger charge is 2.16. The fraction of sp³-hybridized carbons (Fsp3) is 0.143. The summed E-state index contributed by atoms with van der Waals surface area (Å²) in [6.07, 6.45) is 0. The maximum absolute atomic E-state index is 6.25. The summed E-state index contributed by atoms with van der Waals surface area (Å²) in [6.45, 7) is 0.677. The number of nitrogens with one attached hydrogen (secondary N) is 1. The lowest BCUT2D eigenvalue weighted by molar-refractivity contribution is 0.818. The van der Waals surface area contributed by atoms with Gasteiger partial charge in [0.1, 0.15) is 0 Å². The quantitative estimate of drug-likeness (QED) is 0.623. The molecule has 0 saturated carbocycles. The maximum atomic E-state index is 6.25. The van der Waals surface area contributed by atoms with E-state index in [1.165, 1.54) is 6.07 Å². The highest BCUT2D eigenvalue weighted by atomic mass is 35.5. The van der Waals surface area contributed by atoms with Crippen LogP contribution in [0.15, 0.2) is 24.3 Å². The first-order chi connectivity index (χ1) is 9.45. The van der Waals surface area contributed by atoms with Crippen molar-refractivity contribution in [2.24, 2.45) is 0 Å². The second kappa shape index (κ2) is 6.74. The van der Waals surface area contributed by atoms with Crippen molar-refractivity contribution >= 4 is 58.0 Å². The minimum Gasteiger partial charge on any atom is -0.316 e. The van der Waals surface area contributed by atoms with Crippen LogP contribution in [0.2, 0.25) is 25.1 Å². The van der Waals surface area contributed by atoms with Gasteiger partial charge in [-0.25, -0.2) is 0 Å². The van der Waals surface area contributed by atoms with Crippen molar-refractivity contribution in [1.29, 1.82) is 0 Å². The van der Waals surface area contributed by atoms with E-state index in [0.717, 1.165) is 11.1 Å². The van der Waals surface area contributed by atoms with E-state index in [9.17, 15) is 0 Å². The first-order valence-electron chi connectivity index (χ1n) is 5.72. The fourth-order valence-electron chi connectivity index (χ4n) is 1.86. The Hall–Kier alpha value is -0.150. The van der Waals surface area contributed by atoms with E-state index in [0.29, 0.717) is 37.2 Å². The molecule has 0 spiro atoms. The standard InChI is InChI=1S/C14H10Cl5N/c1-20-6-8-3-2-7(4-9(8)15)12-13(18)10(16)5-11(17)14(12)19/h2-5,20H,6H2,1H3. The zero-order valence-corrected chi connectivity index (χ0v) is 14.2. The Kier molecular flexibility index (Phi) is 5.47. The van der Waals surface area contributed by atoms with Crippen LogP contribution in [0.1, 0.15) is 5.56 Å². The van der Waals surface area contributed by atoms with Gasteiger partial charge in [0.2, 0.25) is 0 Å². The Labute approximate surface area is 142 Å². The molecule has 0 aliphatic carbocycles. The number of rotatable bonds is 3. The van der Waals surface area contributed by atoms with E-state index < -0.39 is 0 Å². The minimum atomic E-state index is 0.353. The monoisotopic (exact) mass is 367 g/mol. The van der Waals surface area contributed by atoms with Crippen LogP contribution in [0.5, 0.6) is 0 Å². The predicted octanol–water partition coefficient (Wildman–Crippen LogP) is 6.34. The van der Waals surface area contributed by atoms with Gasteiger partial charge < -0.3 is 5.32 Å². The van der Waals surface area contributed by atoms with E-state index in [2.05, 4.69) is 5.32 Å². The van der Waals surface area contributed by atoms with Gasteiger partial charge in [0.05, 0.1) is 20.1 Å². The highest BCUT2D eigenvalue weighted by molar-refractivity contribution is 6.50. The van der Waals surface area contributed by atoms with Crippen LogP contribution in [0, 0.1) is 0 Å². The molecule has 0 saturated heterocycles. The summed E-state index contributed by atoms with van der Waals surface area (Å²) in [5.41, 5.74) is 2.34. The van der Waals surface area contributed by atoms with Crippen LogP contribution in [0.25, 0.3) is 11.1 Å². The van der Waals surface area contributed by atoms with Crippen molar-refractivity contribution in [3.8, 4) is 11.1 Å². The lowest BCUT2D eigenvalue weighted by Crippen LogP contribution is -2.05. The molecule has 0 atom stereocenters. The average Bonchev–Trinajstić information content (AvgIpc) is 2.40. The third-order valence-corrected chi connectivity index (χ3v) is 4.75. The smallest absolute Gasteiger partial charge is 0.0686 e. The summed E-state index contributed by atoms with van der Waals surface area (Å²) < 4.78 is 0. The Balaban J connectivity index is 2.60. The number of benzene rings is 2. The molecule has 0 unspecified atom stereocenters. The van der Waals surface area contributed by atoms with Gasteiger partial charge in [0, 0.05) is 17.1 Å². The third-order valence-electron chi connectivity index (χ3n) is 2.82. The van der Waals surface area contributed by atoms with Gasteiger partial charge in [0.15, 0.2) is 0 Å². The Morgan fingerprint density at radius 1 is 0.850 bits per heavy atom. The molecule has 1 nitrogen and oxygen atoms in total. The summed E-state index contributed by atoms with van der Waals surface area (Å²) in [4.78, 5) is 0. The zero-order valence-electron chi connectivity index (χ0n) is 10.4. The lowest BCUT2D eigenvalue weighted by Gasteiger charge is -2.12. The molecule has 20 heavy (non-hydrogen) atoms. The molecule has 0 bridgehead atoms. The predicted molar refractivity (Wildman–Crippen MR) is 89.7 cm³/mol. The largest absolute Gasteiger partial charge is 0.316 e. The Morgan fingerprint density at radius 2 is 1.45 bits per heavy atom. The fourth-order valence-corrected chi connectivity index (χ4v) is 3.14. The van der Waals surface area contributed by atoms with Crippen LogP contribution in [0.4, 0.5) is 0 Å². The van der Waals surface area contributed by atoms with Gasteiger partial charge in [0.25, 0.3) is 0 Å². The normalized spacial score (nSPS) is 10.9. The van der Waals surface area contributed by atoms with E-state index in [-0.39, 0.29) is 0 Å². The van der Waals surface area contributed by atoms with Crippen molar-refractivity contribution in [1.82, 2.24) is 5.32 Å². The van der Waals surface area contributed by atoms with Crippen molar-refractivity contribution in [3.05, 3.63) is 54.9 Å². The summed E-state index contributed by atoms with van der Waals surface area (Å²) in [7, 11) is 1.86. The molecule has 0 fully saturated rings. The Morgan fingerprint density at radius 3 is 1.95 bits per heavy atom. The van der Waals surface area contributed by atoms with Crippen LogP contribution >= 0.6 is 58.0 Å². The number of hydrogen-bond donors (Lipinski definition) is 1. The van der Waals surface area contributed by atoms with Crippen molar-refractivity contribution in [2.75, 3.05) is 7.05 Å². The van der Waals surface area contributed by atoms with Crippen molar-refractivity contribution in [3.63, 3.8) is 0 Å². The van der Waals surface area contributed by atoms with E-state index in [1.807, 2.05) is 19.2 Å². The number of halogens is 5. The second-order valence-electron chi connectivity index (χ2n) is 4.18. The number of hydrogen-bond acceptors (Lipinski definition) is 1. The maximum Gasteiger partial charge on any atom is 0.0686 e. The molecular formula is C14H10Cl5N. The third kappa shape index (κ3) is 3.19. The van der Waals surface area contributed by atoms with E-state index in [1.54, 1.807) is 6.07 Å². The molecule has 0 heterocycles. The van der Waals surface area contributed by atoms with E-state index in [4.69, 9.17) is 58.0 Å². The SMILES string of the molecule is CNCc1ccc(-c2c(Cl)c(Cl)cc(Cl)c2Cl)cc1Cl. The Bertz CT molecular complexity index is 628. The molecule has 1 N–H and O–H groups in total. The van der Waals surface area contributed by atoms with Gasteiger partial charge >= 0.3 is 0 Å². The summed E-state index contributed by atoms with van der Waals surface area (Å²) in [5.74, 6) is 0. The molecular weight excluding hydrogens is 359 g/mol. The minimum absolute atomic E-state index is 0.353. The second-order valence-corrected chi connectivity index (χ2v) is 6.16. The molecule has 0 aromatic heterocycles. The van der Waals surface area contributed by atoms with Crippen LogP contribution in [-0.4, -0.2) is 7.05 Å². The highest BCUT2D eigenvalue weighted by Crippen LogP contribution is 2.43. The van der Waals surface area contributed by atoms with Gasteiger partial charge in [-0.1, -0.05) is 70.1 Å². The molecule has 0 aliphatic rings. The van der Waals surface area contributed by atoms with Gasteiger partial charge in [-0.2, -0.15) is 0 Å². The molecule has 6 heteroatoms. The summed E-state index contributed by atoms with van der Waals surface area (Å²) in [6, 6.07) is 7.12. The molecule has 2 aromatic rings. The molecule has 0 radical (unpaired) electrons. The molecule has 0 aliphatic heterocycles. The molecule has 0 amide bonds. The van der Waals surface area contributed by atoms with Crippen LogP contribution in [0.3, 0.4) is 0 Å². The van der Waals surface area contributed by atoms with Crippen molar-refractivity contribution < 1.29 is 0 Å². The summed E-state index contributed by atoms with van der Waals surface area (Å²) in [5, 5.41) is 5.10. The lowest BCUT2D eigenvalue weighted by atomic mass is 10.0. The molecule has 106 valence electrons. The zero-order chi connectivity index (χ0) is 14.9. The first kappa shape index (κ1) is 16.2. The van der Waals surface area contributed by atoms with Gasteiger partial charge in [-0.15, -0.1) is 0 Å². The topological polar surface area (TPSA) is 12.0 Å². The van der Waals surface area contributed by atoms with Crippen LogP contribution < -0.4 is 5.32 Å².